The van der Waals surface area contributed by atoms with Crippen molar-refractivity contribution in [2.24, 2.45) is 0 Å². The van der Waals surface area contributed by atoms with Gasteiger partial charge in [0, 0.05) is 0 Å². The van der Waals surface area contributed by atoms with E-state index >= 15 is 0 Å². The molecule has 0 radical (unpaired) electrons. The van der Waals surface area contributed by atoms with Crippen molar-refractivity contribution in [1.82, 2.24) is 0 Å². The molecule has 1 aliphatic heterocycles. The first-order chi connectivity index (χ1) is 5.95. The highest BCUT2D eigenvalue weighted by atomic mass is 16.6. The molecular weight excluding hydrogens is 184 g/mol. The lowest BCUT2D eigenvalue weighted by Gasteiger charge is -2.36. The van der Waals surface area contributed by atoms with Crippen LogP contribution in [-0.2, 0) is 9.53 Å². The van der Waals surface area contributed by atoms with E-state index in [1.165, 1.54) is 0 Å². The standard InChI is InChI=1S/C6H10O7/c7-1-2(8)4(5(10)11)13-6(12)3(1)9/h1-4,6-9,12H,(H,10,11)/t1-,2-,3+,4?,6-/m1/s1. The van der Waals surface area contributed by atoms with Crippen LogP contribution in [0.5, 0.6) is 0 Å². The van der Waals surface area contributed by atoms with Gasteiger partial charge in [0.2, 0.25) is 0 Å². The third-order valence-corrected chi connectivity index (χ3v) is 1.83. The van der Waals surface area contributed by atoms with Gasteiger partial charge < -0.3 is 30.3 Å². The van der Waals surface area contributed by atoms with Crippen LogP contribution in [-0.4, -0.2) is 62.2 Å². The smallest absolute Gasteiger partial charge is 0.335 e. The zero-order valence-corrected chi connectivity index (χ0v) is 6.44. The van der Waals surface area contributed by atoms with Crippen molar-refractivity contribution in [2.75, 3.05) is 0 Å². The number of aliphatic hydroxyl groups excluding tert-OH is 4. The van der Waals surface area contributed by atoms with Crippen molar-refractivity contribution >= 4 is 5.97 Å². The number of hydrogen-bond donors (Lipinski definition) is 5. The largest absolute Gasteiger partial charge is 0.479 e. The summed E-state index contributed by atoms with van der Waals surface area (Å²) in [6, 6.07) is 0. The monoisotopic (exact) mass is 194 g/mol. The van der Waals surface area contributed by atoms with Crippen LogP contribution < -0.4 is 0 Å². The quantitative estimate of drug-likeness (QED) is 0.298. The summed E-state index contributed by atoms with van der Waals surface area (Å²) >= 11 is 0. The lowest BCUT2D eigenvalue weighted by atomic mass is 9.99. The molecule has 76 valence electrons. The van der Waals surface area contributed by atoms with E-state index in [1.54, 1.807) is 0 Å². The summed E-state index contributed by atoms with van der Waals surface area (Å²) in [6.45, 7) is 0. The SMILES string of the molecule is O=C(O)C1O[C@@H](O)[C@@H](O)[C@H](O)[C@H]1O. The molecule has 1 saturated heterocycles. The number of carboxylic acids is 1. The van der Waals surface area contributed by atoms with Crippen LogP contribution in [0.1, 0.15) is 0 Å². The summed E-state index contributed by atoms with van der Waals surface area (Å²) in [5, 5.41) is 44.4. The van der Waals surface area contributed by atoms with Crippen LogP contribution in [0.25, 0.3) is 0 Å². The van der Waals surface area contributed by atoms with E-state index in [0.717, 1.165) is 0 Å². The number of aliphatic hydroxyl groups is 4. The van der Waals surface area contributed by atoms with Gasteiger partial charge in [0.25, 0.3) is 0 Å². The van der Waals surface area contributed by atoms with Crippen LogP contribution in [0.3, 0.4) is 0 Å². The zero-order valence-electron chi connectivity index (χ0n) is 6.44. The molecule has 1 fully saturated rings. The van der Waals surface area contributed by atoms with E-state index in [0.29, 0.717) is 0 Å². The van der Waals surface area contributed by atoms with E-state index in [9.17, 15) is 4.79 Å². The van der Waals surface area contributed by atoms with E-state index in [1.807, 2.05) is 0 Å². The fraction of sp³-hybridized carbons (Fsp3) is 0.833. The molecule has 0 aliphatic carbocycles. The van der Waals surface area contributed by atoms with Crippen molar-refractivity contribution in [1.29, 1.82) is 0 Å². The molecule has 7 nitrogen and oxygen atoms in total. The third-order valence-electron chi connectivity index (χ3n) is 1.83. The Labute approximate surface area is 72.8 Å². The fourth-order valence-electron chi connectivity index (χ4n) is 1.07. The lowest BCUT2D eigenvalue weighted by Crippen LogP contribution is -2.59. The van der Waals surface area contributed by atoms with E-state index in [4.69, 9.17) is 25.5 Å². The van der Waals surface area contributed by atoms with E-state index in [2.05, 4.69) is 4.74 Å². The maximum absolute atomic E-state index is 10.4. The maximum Gasteiger partial charge on any atom is 0.335 e. The number of hydrogen-bond acceptors (Lipinski definition) is 6. The summed E-state index contributed by atoms with van der Waals surface area (Å²) < 4.78 is 4.34. The van der Waals surface area contributed by atoms with Crippen molar-refractivity contribution < 1.29 is 35.1 Å². The molecule has 0 aromatic rings. The molecule has 0 aromatic carbocycles. The van der Waals surface area contributed by atoms with E-state index in [-0.39, 0.29) is 0 Å². The molecule has 0 bridgehead atoms. The van der Waals surface area contributed by atoms with Crippen molar-refractivity contribution in [3.05, 3.63) is 0 Å². The van der Waals surface area contributed by atoms with Crippen LogP contribution in [0.2, 0.25) is 0 Å². The number of aliphatic carboxylic acids is 1. The van der Waals surface area contributed by atoms with Gasteiger partial charge in [0.1, 0.15) is 18.3 Å². The fourth-order valence-corrected chi connectivity index (χ4v) is 1.07. The van der Waals surface area contributed by atoms with Gasteiger partial charge in [-0.1, -0.05) is 0 Å². The molecule has 0 saturated carbocycles. The second kappa shape index (κ2) is 3.56. The summed E-state index contributed by atoms with van der Waals surface area (Å²) in [5.41, 5.74) is 0. The van der Waals surface area contributed by atoms with E-state index < -0.39 is 36.7 Å². The third kappa shape index (κ3) is 1.79. The number of carboxylic acid groups (broad SMARTS) is 1. The number of rotatable bonds is 1. The van der Waals surface area contributed by atoms with Gasteiger partial charge in [0.15, 0.2) is 12.4 Å². The Hall–Kier alpha value is -0.730. The molecule has 0 aromatic heterocycles. The molecule has 5 atom stereocenters. The molecule has 5 N–H and O–H groups in total. The second-order valence-corrected chi connectivity index (χ2v) is 2.76. The normalized spacial score (nSPS) is 46.0. The highest BCUT2D eigenvalue weighted by Crippen LogP contribution is 2.19. The number of carbonyl (C=O) groups is 1. The molecule has 1 rings (SSSR count). The Morgan fingerprint density at radius 1 is 1.00 bits per heavy atom. The lowest BCUT2D eigenvalue weighted by molar-refractivity contribution is -0.279. The summed E-state index contributed by atoms with van der Waals surface area (Å²) in [4.78, 5) is 10.4. The molecular formula is C6H10O7. The second-order valence-electron chi connectivity index (χ2n) is 2.76. The highest BCUT2D eigenvalue weighted by molar-refractivity contribution is 5.73. The molecule has 1 aliphatic rings. The Morgan fingerprint density at radius 2 is 1.54 bits per heavy atom. The first kappa shape index (κ1) is 10.4. The minimum atomic E-state index is -1.81. The van der Waals surface area contributed by atoms with Gasteiger partial charge in [-0.25, -0.2) is 4.79 Å². The van der Waals surface area contributed by atoms with Crippen molar-refractivity contribution in [3.63, 3.8) is 0 Å². The van der Waals surface area contributed by atoms with Crippen molar-refractivity contribution in [2.45, 2.75) is 30.7 Å². The van der Waals surface area contributed by atoms with Gasteiger partial charge in [-0.05, 0) is 0 Å². The zero-order chi connectivity index (χ0) is 10.2. The maximum atomic E-state index is 10.4. The molecule has 0 amide bonds. The Kier molecular flexibility index (Phi) is 2.84. The predicted octanol–water partition coefficient (Wildman–Crippen LogP) is -3.13. The number of ether oxygens (including phenoxy) is 1. The van der Waals surface area contributed by atoms with Gasteiger partial charge in [-0.15, -0.1) is 0 Å². The minimum absolute atomic E-state index is 1.52. The van der Waals surface area contributed by atoms with Crippen LogP contribution in [0.4, 0.5) is 0 Å². The molecule has 1 heterocycles. The topological polar surface area (TPSA) is 127 Å². The van der Waals surface area contributed by atoms with Gasteiger partial charge in [-0.2, -0.15) is 0 Å². The van der Waals surface area contributed by atoms with Crippen LogP contribution in [0.15, 0.2) is 0 Å². The Bertz CT molecular complexity index is 205. The summed E-state index contributed by atoms with van der Waals surface area (Å²) in [7, 11) is 0. The molecule has 13 heavy (non-hydrogen) atoms. The van der Waals surface area contributed by atoms with Crippen molar-refractivity contribution in [3.8, 4) is 0 Å². The Balaban J connectivity index is 2.76. The van der Waals surface area contributed by atoms with Gasteiger partial charge in [0.05, 0.1) is 0 Å². The molecule has 0 spiro atoms. The van der Waals surface area contributed by atoms with Gasteiger partial charge >= 0.3 is 5.97 Å². The Morgan fingerprint density at radius 3 is 2.00 bits per heavy atom. The summed E-state index contributed by atoms with van der Waals surface area (Å²) in [6.07, 6.45) is -8.72. The minimum Gasteiger partial charge on any atom is -0.479 e. The predicted molar refractivity (Wildman–Crippen MR) is 36.5 cm³/mol. The van der Waals surface area contributed by atoms with Gasteiger partial charge in [-0.3, -0.25) is 0 Å². The highest BCUT2D eigenvalue weighted by Gasteiger charge is 2.46. The first-order valence-electron chi connectivity index (χ1n) is 3.55. The van der Waals surface area contributed by atoms with Crippen LogP contribution in [0, 0.1) is 0 Å². The average Bonchev–Trinajstić information content (AvgIpc) is 2.07. The molecule has 7 heteroatoms. The molecule has 1 unspecified atom stereocenters. The first-order valence-corrected chi connectivity index (χ1v) is 3.55. The average molecular weight is 194 g/mol. The summed E-state index contributed by atoms with van der Waals surface area (Å²) in [5.74, 6) is -1.52. The van der Waals surface area contributed by atoms with Crippen LogP contribution >= 0.6 is 0 Å².